The molecule has 0 aliphatic rings. The second-order valence-corrected chi connectivity index (χ2v) is 4.48. The fraction of sp³-hybridized carbons (Fsp3) is 0.133. The lowest BCUT2D eigenvalue weighted by atomic mass is 10.1. The number of carboxylic acids is 1. The summed E-state index contributed by atoms with van der Waals surface area (Å²) >= 11 is 0. The number of carbonyl (C=O) groups excluding carboxylic acids is 1. The maximum absolute atomic E-state index is 11.9. The van der Waals surface area contributed by atoms with Gasteiger partial charge in [0.1, 0.15) is 0 Å². The van der Waals surface area contributed by atoms with Crippen molar-refractivity contribution in [3.63, 3.8) is 0 Å². The second-order valence-electron chi connectivity index (χ2n) is 4.48. The summed E-state index contributed by atoms with van der Waals surface area (Å²) in [6.07, 6.45) is 1.61. The number of aromatic nitrogens is 1. The van der Waals surface area contributed by atoms with Gasteiger partial charge in [-0.15, -0.1) is 0 Å². The Morgan fingerprint density at radius 2 is 1.86 bits per heavy atom. The molecule has 6 heteroatoms. The summed E-state index contributed by atoms with van der Waals surface area (Å²) in [5, 5.41) is 14.1. The summed E-state index contributed by atoms with van der Waals surface area (Å²) in [5.41, 5.74) is 2.63. The third-order valence-corrected chi connectivity index (χ3v) is 2.82. The quantitative estimate of drug-likeness (QED) is 0.805. The molecule has 0 saturated carbocycles. The number of hydrogen-bond donors (Lipinski definition) is 3. The van der Waals surface area contributed by atoms with Crippen LogP contribution in [0.4, 0.5) is 16.2 Å². The highest BCUT2D eigenvalue weighted by Crippen LogP contribution is 2.13. The first-order valence-corrected chi connectivity index (χ1v) is 6.35. The molecule has 2 rings (SSSR count). The lowest BCUT2D eigenvalue weighted by Crippen LogP contribution is -2.20. The molecule has 0 unspecified atom stereocenters. The van der Waals surface area contributed by atoms with Gasteiger partial charge in [-0.25, -0.2) is 4.79 Å². The van der Waals surface area contributed by atoms with Gasteiger partial charge in [0.05, 0.1) is 17.8 Å². The third-order valence-electron chi connectivity index (χ3n) is 2.82. The zero-order chi connectivity index (χ0) is 15.2. The number of rotatable bonds is 4. The first-order chi connectivity index (χ1) is 10.0. The van der Waals surface area contributed by atoms with Crippen molar-refractivity contribution in [2.75, 3.05) is 10.6 Å². The summed E-state index contributed by atoms with van der Waals surface area (Å²) in [6, 6.07) is 9.78. The molecule has 1 aromatic carbocycles. The standard InChI is InChI=1S/C15H15N3O3/c1-10-13(3-2-8-16-10)18-15(21)17-12-6-4-11(5-7-12)9-14(19)20/h2-8H,9H2,1H3,(H,19,20)(H2,17,18,21). The Labute approximate surface area is 121 Å². The minimum absolute atomic E-state index is 0.0403. The zero-order valence-corrected chi connectivity index (χ0v) is 11.5. The summed E-state index contributed by atoms with van der Waals surface area (Å²) in [7, 11) is 0. The molecule has 1 heterocycles. The molecule has 21 heavy (non-hydrogen) atoms. The van der Waals surface area contributed by atoms with Crippen LogP contribution in [0.3, 0.4) is 0 Å². The second kappa shape index (κ2) is 6.51. The van der Waals surface area contributed by atoms with Crippen LogP contribution in [0.15, 0.2) is 42.6 Å². The Balaban J connectivity index is 1.96. The molecule has 0 bridgehead atoms. The van der Waals surface area contributed by atoms with Crippen LogP contribution in [0.25, 0.3) is 0 Å². The van der Waals surface area contributed by atoms with Gasteiger partial charge in [-0.3, -0.25) is 9.78 Å². The molecule has 0 spiro atoms. The maximum Gasteiger partial charge on any atom is 0.323 e. The SMILES string of the molecule is Cc1ncccc1NC(=O)Nc1ccc(CC(=O)O)cc1. The van der Waals surface area contributed by atoms with Crippen LogP contribution in [0.2, 0.25) is 0 Å². The average Bonchev–Trinajstić information content (AvgIpc) is 2.43. The molecule has 2 aromatic rings. The smallest absolute Gasteiger partial charge is 0.323 e. The van der Waals surface area contributed by atoms with Crippen LogP contribution in [0.1, 0.15) is 11.3 Å². The summed E-state index contributed by atoms with van der Waals surface area (Å²) in [4.78, 5) is 26.5. The van der Waals surface area contributed by atoms with Crippen molar-refractivity contribution < 1.29 is 14.7 Å². The zero-order valence-electron chi connectivity index (χ0n) is 11.5. The van der Waals surface area contributed by atoms with Gasteiger partial charge in [0, 0.05) is 11.9 Å². The van der Waals surface area contributed by atoms with E-state index in [9.17, 15) is 9.59 Å². The summed E-state index contributed by atoms with van der Waals surface area (Å²) in [5.74, 6) is -0.888. The number of carboxylic acid groups (broad SMARTS) is 1. The van der Waals surface area contributed by atoms with Gasteiger partial charge in [-0.1, -0.05) is 12.1 Å². The van der Waals surface area contributed by atoms with E-state index in [-0.39, 0.29) is 12.5 Å². The van der Waals surface area contributed by atoms with E-state index in [1.165, 1.54) is 0 Å². The van der Waals surface area contributed by atoms with Crippen molar-refractivity contribution in [2.45, 2.75) is 13.3 Å². The number of nitrogens with zero attached hydrogens (tertiary/aromatic N) is 1. The molecule has 0 atom stereocenters. The lowest BCUT2D eigenvalue weighted by molar-refractivity contribution is -0.136. The molecule has 0 aliphatic heterocycles. The first kappa shape index (κ1) is 14.5. The number of benzene rings is 1. The van der Waals surface area contributed by atoms with Gasteiger partial charge in [0.2, 0.25) is 0 Å². The van der Waals surface area contributed by atoms with Crippen molar-refractivity contribution >= 4 is 23.4 Å². The predicted molar refractivity (Wildman–Crippen MR) is 79.4 cm³/mol. The fourth-order valence-corrected chi connectivity index (χ4v) is 1.78. The normalized spacial score (nSPS) is 9.95. The molecular formula is C15H15N3O3. The Kier molecular flexibility index (Phi) is 4.50. The van der Waals surface area contributed by atoms with Gasteiger partial charge in [-0.2, -0.15) is 0 Å². The van der Waals surface area contributed by atoms with E-state index in [2.05, 4.69) is 15.6 Å². The van der Waals surface area contributed by atoms with E-state index in [4.69, 9.17) is 5.11 Å². The first-order valence-electron chi connectivity index (χ1n) is 6.35. The Morgan fingerprint density at radius 3 is 2.48 bits per heavy atom. The van der Waals surface area contributed by atoms with Gasteiger partial charge in [0.15, 0.2) is 0 Å². The highest BCUT2D eigenvalue weighted by Gasteiger charge is 2.06. The molecule has 0 radical (unpaired) electrons. The van der Waals surface area contributed by atoms with Gasteiger partial charge in [-0.05, 0) is 36.8 Å². The highest BCUT2D eigenvalue weighted by molar-refractivity contribution is 6.00. The number of hydrogen-bond acceptors (Lipinski definition) is 3. The summed E-state index contributed by atoms with van der Waals surface area (Å²) in [6.45, 7) is 1.80. The van der Waals surface area contributed by atoms with Crippen LogP contribution in [0, 0.1) is 6.92 Å². The van der Waals surface area contributed by atoms with Gasteiger partial charge in [0.25, 0.3) is 0 Å². The molecule has 6 nitrogen and oxygen atoms in total. The average molecular weight is 285 g/mol. The number of pyridine rings is 1. The summed E-state index contributed by atoms with van der Waals surface area (Å²) < 4.78 is 0. The van der Waals surface area contributed by atoms with Crippen molar-refractivity contribution in [1.82, 2.24) is 4.98 Å². The number of amides is 2. The fourth-order valence-electron chi connectivity index (χ4n) is 1.78. The minimum Gasteiger partial charge on any atom is -0.481 e. The molecule has 0 fully saturated rings. The number of nitrogens with one attached hydrogen (secondary N) is 2. The third kappa shape index (κ3) is 4.31. The largest absolute Gasteiger partial charge is 0.481 e. The maximum atomic E-state index is 11.9. The molecule has 3 N–H and O–H groups in total. The monoisotopic (exact) mass is 285 g/mol. The number of anilines is 2. The lowest BCUT2D eigenvalue weighted by Gasteiger charge is -2.09. The van der Waals surface area contributed by atoms with E-state index in [1.54, 1.807) is 49.5 Å². The Hall–Kier alpha value is -2.89. The van der Waals surface area contributed by atoms with Crippen molar-refractivity contribution in [1.29, 1.82) is 0 Å². The topological polar surface area (TPSA) is 91.3 Å². The van der Waals surface area contributed by atoms with E-state index in [1.807, 2.05) is 0 Å². The minimum atomic E-state index is -0.888. The van der Waals surface area contributed by atoms with E-state index < -0.39 is 5.97 Å². The number of carbonyl (C=O) groups is 2. The van der Waals surface area contributed by atoms with Crippen LogP contribution in [-0.2, 0) is 11.2 Å². The van der Waals surface area contributed by atoms with Crippen LogP contribution >= 0.6 is 0 Å². The molecule has 0 aliphatic carbocycles. The molecule has 0 saturated heterocycles. The number of aliphatic carboxylic acids is 1. The van der Waals surface area contributed by atoms with Crippen LogP contribution < -0.4 is 10.6 Å². The molecule has 2 amide bonds. The van der Waals surface area contributed by atoms with Crippen molar-refractivity contribution in [2.24, 2.45) is 0 Å². The Morgan fingerprint density at radius 1 is 1.14 bits per heavy atom. The van der Waals surface area contributed by atoms with E-state index in [0.717, 1.165) is 5.69 Å². The van der Waals surface area contributed by atoms with Gasteiger partial charge < -0.3 is 15.7 Å². The van der Waals surface area contributed by atoms with Crippen LogP contribution in [0.5, 0.6) is 0 Å². The van der Waals surface area contributed by atoms with Crippen molar-refractivity contribution in [3.8, 4) is 0 Å². The molecular weight excluding hydrogens is 270 g/mol. The van der Waals surface area contributed by atoms with E-state index >= 15 is 0 Å². The van der Waals surface area contributed by atoms with E-state index in [0.29, 0.717) is 16.9 Å². The number of aryl methyl sites for hydroxylation is 1. The molecule has 108 valence electrons. The van der Waals surface area contributed by atoms with Gasteiger partial charge >= 0.3 is 12.0 Å². The highest BCUT2D eigenvalue weighted by atomic mass is 16.4. The predicted octanol–water partition coefficient (Wildman–Crippen LogP) is 2.66. The number of urea groups is 1. The molecule has 1 aromatic heterocycles. The van der Waals surface area contributed by atoms with Crippen LogP contribution in [-0.4, -0.2) is 22.1 Å². The Bertz CT molecular complexity index is 653. The van der Waals surface area contributed by atoms with Crippen molar-refractivity contribution in [3.05, 3.63) is 53.9 Å².